The minimum atomic E-state index is -3.79. The van der Waals surface area contributed by atoms with Gasteiger partial charge < -0.3 is 14.6 Å². The second kappa shape index (κ2) is 10.5. The number of sulfonamides is 1. The van der Waals surface area contributed by atoms with Crippen molar-refractivity contribution in [2.75, 3.05) is 25.5 Å². The molecule has 0 radical (unpaired) electrons. The van der Waals surface area contributed by atoms with Crippen molar-refractivity contribution in [3.8, 4) is 5.75 Å². The molecule has 1 saturated heterocycles. The topological polar surface area (TPSA) is 97.7 Å². The SMILES string of the molecule is COc1ccc(NC(=O)c2cccn(Cc3cccc(C)c3)c2=O)cc1S(=O)(=O)N1CCCCC1. The summed E-state index contributed by atoms with van der Waals surface area (Å²) in [4.78, 5) is 26.0. The molecule has 0 saturated carbocycles. The van der Waals surface area contributed by atoms with Crippen molar-refractivity contribution < 1.29 is 17.9 Å². The molecule has 184 valence electrons. The summed E-state index contributed by atoms with van der Waals surface area (Å²) in [6.45, 7) is 3.21. The van der Waals surface area contributed by atoms with Gasteiger partial charge in [0.1, 0.15) is 16.2 Å². The van der Waals surface area contributed by atoms with E-state index in [0.717, 1.165) is 30.4 Å². The summed E-state index contributed by atoms with van der Waals surface area (Å²) in [5.74, 6) is -0.408. The van der Waals surface area contributed by atoms with Crippen molar-refractivity contribution >= 4 is 21.6 Å². The number of ether oxygens (including phenoxy) is 1. The van der Waals surface area contributed by atoms with E-state index in [9.17, 15) is 18.0 Å². The van der Waals surface area contributed by atoms with Crippen molar-refractivity contribution in [3.63, 3.8) is 0 Å². The lowest BCUT2D eigenvalue weighted by Crippen LogP contribution is -2.35. The Kier molecular flexibility index (Phi) is 7.37. The maximum atomic E-state index is 13.3. The summed E-state index contributed by atoms with van der Waals surface area (Å²) < 4.78 is 34.7. The molecule has 2 heterocycles. The van der Waals surface area contributed by atoms with Crippen LogP contribution in [0.4, 0.5) is 5.69 Å². The van der Waals surface area contributed by atoms with E-state index in [4.69, 9.17) is 4.74 Å². The number of carbonyl (C=O) groups excluding carboxylic acids is 1. The number of nitrogens with one attached hydrogen (secondary N) is 1. The van der Waals surface area contributed by atoms with Gasteiger partial charge in [-0.05, 0) is 55.7 Å². The highest BCUT2D eigenvalue weighted by Crippen LogP contribution is 2.31. The van der Waals surface area contributed by atoms with E-state index in [1.54, 1.807) is 18.3 Å². The summed E-state index contributed by atoms with van der Waals surface area (Å²) in [6, 6.07) is 15.4. The molecule has 9 heteroatoms. The number of hydrogen-bond donors (Lipinski definition) is 1. The van der Waals surface area contributed by atoms with Gasteiger partial charge in [0.25, 0.3) is 11.5 Å². The van der Waals surface area contributed by atoms with E-state index in [1.165, 1.54) is 34.2 Å². The van der Waals surface area contributed by atoms with Crippen molar-refractivity contribution in [2.24, 2.45) is 0 Å². The van der Waals surface area contributed by atoms with Crippen LogP contribution in [0.5, 0.6) is 5.75 Å². The number of aryl methyl sites for hydroxylation is 1. The second-order valence-corrected chi connectivity index (χ2v) is 10.5. The van der Waals surface area contributed by atoms with Crippen molar-refractivity contribution in [2.45, 2.75) is 37.6 Å². The van der Waals surface area contributed by atoms with Crippen LogP contribution in [0.3, 0.4) is 0 Å². The number of anilines is 1. The first-order chi connectivity index (χ1) is 16.8. The highest BCUT2D eigenvalue weighted by atomic mass is 32.2. The zero-order chi connectivity index (χ0) is 25.0. The molecule has 1 aromatic heterocycles. The lowest BCUT2D eigenvalue weighted by Gasteiger charge is -2.26. The number of amides is 1. The van der Waals surface area contributed by atoms with Gasteiger partial charge in [0.2, 0.25) is 10.0 Å². The fraction of sp³-hybridized carbons (Fsp3) is 0.308. The smallest absolute Gasteiger partial charge is 0.263 e. The Morgan fingerprint density at radius 1 is 1.03 bits per heavy atom. The van der Waals surface area contributed by atoms with Gasteiger partial charge in [-0.3, -0.25) is 9.59 Å². The molecule has 3 aromatic rings. The van der Waals surface area contributed by atoms with Gasteiger partial charge >= 0.3 is 0 Å². The van der Waals surface area contributed by atoms with Crippen LogP contribution in [-0.2, 0) is 16.6 Å². The predicted octanol–water partition coefficient (Wildman–Crippen LogP) is 3.64. The largest absolute Gasteiger partial charge is 0.495 e. The van der Waals surface area contributed by atoms with Crippen LogP contribution < -0.4 is 15.6 Å². The molecule has 8 nitrogen and oxygen atoms in total. The number of piperidine rings is 1. The third-order valence-electron chi connectivity index (χ3n) is 6.05. The molecular weight excluding hydrogens is 466 g/mol. The summed E-state index contributed by atoms with van der Waals surface area (Å²) in [5.41, 5.74) is 1.84. The van der Waals surface area contributed by atoms with Gasteiger partial charge in [0.15, 0.2) is 0 Å². The third-order valence-corrected chi connectivity index (χ3v) is 7.97. The summed E-state index contributed by atoms with van der Waals surface area (Å²) >= 11 is 0. The van der Waals surface area contributed by atoms with E-state index in [1.807, 2.05) is 31.2 Å². The van der Waals surface area contributed by atoms with Crippen LogP contribution in [0.1, 0.15) is 40.7 Å². The van der Waals surface area contributed by atoms with Crippen molar-refractivity contribution in [1.29, 1.82) is 0 Å². The second-order valence-electron chi connectivity index (χ2n) is 8.63. The Balaban J connectivity index is 1.60. The number of pyridine rings is 1. The first-order valence-corrected chi connectivity index (χ1v) is 13.0. The number of rotatable bonds is 7. The van der Waals surface area contributed by atoms with Gasteiger partial charge in [-0.15, -0.1) is 0 Å². The third kappa shape index (κ3) is 5.47. The molecular formula is C26H29N3O5S. The number of benzene rings is 2. The number of carbonyl (C=O) groups is 1. The zero-order valence-corrected chi connectivity index (χ0v) is 20.7. The Bertz CT molecular complexity index is 1390. The molecule has 2 aromatic carbocycles. The van der Waals surface area contributed by atoms with E-state index in [2.05, 4.69) is 5.32 Å². The first kappa shape index (κ1) is 24.7. The van der Waals surface area contributed by atoms with Gasteiger partial charge in [-0.25, -0.2) is 8.42 Å². The molecule has 1 N–H and O–H groups in total. The Morgan fingerprint density at radius 2 is 1.80 bits per heavy atom. The molecule has 0 aliphatic carbocycles. The summed E-state index contributed by atoms with van der Waals surface area (Å²) in [7, 11) is -2.38. The van der Waals surface area contributed by atoms with Crippen LogP contribution in [0, 0.1) is 6.92 Å². The molecule has 4 rings (SSSR count). The molecule has 1 aliphatic heterocycles. The molecule has 1 fully saturated rings. The summed E-state index contributed by atoms with van der Waals surface area (Å²) in [5, 5.41) is 2.68. The quantitative estimate of drug-likeness (QED) is 0.540. The van der Waals surface area contributed by atoms with E-state index in [0.29, 0.717) is 19.6 Å². The van der Waals surface area contributed by atoms with Gasteiger partial charge in [-0.2, -0.15) is 4.31 Å². The van der Waals surface area contributed by atoms with Crippen LogP contribution in [0.15, 0.2) is 70.5 Å². The maximum absolute atomic E-state index is 13.3. The van der Waals surface area contributed by atoms with Crippen LogP contribution in [0.25, 0.3) is 0 Å². The van der Waals surface area contributed by atoms with Gasteiger partial charge in [0.05, 0.1) is 13.7 Å². The molecule has 0 spiro atoms. The average Bonchev–Trinajstić information content (AvgIpc) is 2.86. The zero-order valence-electron chi connectivity index (χ0n) is 19.9. The Labute approximate surface area is 205 Å². The minimum Gasteiger partial charge on any atom is -0.495 e. The normalized spacial score (nSPS) is 14.5. The molecule has 0 bridgehead atoms. The van der Waals surface area contributed by atoms with Gasteiger partial charge in [0, 0.05) is 25.0 Å². The fourth-order valence-electron chi connectivity index (χ4n) is 4.24. The number of methoxy groups -OCH3 is 1. The number of nitrogens with zero attached hydrogens (tertiary/aromatic N) is 2. The van der Waals surface area contributed by atoms with E-state index >= 15 is 0 Å². The van der Waals surface area contributed by atoms with E-state index in [-0.39, 0.29) is 21.9 Å². The Morgan fingerprint density at radius 3 is 2.51 bits per heavy atom. The van der Waals surface area contributed by atoms with E-state index < -0.39 is 21.5 Å². The highest BCUT2D eigenvalue weighted by molar-refractivity contribution is 7.89. The highest BCUT2D eigenvalue weighted by Gasteiger charge is 2.29. The number of hydrogen-bond acceptors (Lipinski definition) is 5. The lowest BCUT2D eigenvalue weighted by molar-refractivity contribution is 0.102. The average molecular weight is 496 g/mol. The molecule has 0 atom stereocenters. The van der Waals surface area contributed by atoms with Crippen molar-refractivity contribution in [1.82, 2.24) is 8.87 Å². The Hall–Kier alpha value is -3.43. The summed E-state index contributed by atoms with van der Waals surface area (Å²) in [6.07, 6.45) is 4.25. The molecule has 1 amide bonds. The first-order valence-electron chi connectivity index (χ1n) is 11.5. The monoisotopic (exact) mass is 495 g/mol. The standard InChI is InChI=1S/C26H29N3O5S/c1-19-8-6-9-20(16-19)18-28-13-7-10-22(26(28)31)25(30)27-21-11-12-23(34-2)24(17-21)35(32,33)29-14-4-3-5-15-29/h6-13,16-17H,3-5,14-15,18H2,1-2H3,(H,27,30). The fourth-order valence-corrected chi connectivity index (χ4v) is 5.94. The lowest BCUT2D eigenvalue weighted by atomic mass is 10.1. The minimum absolute atomic E-state index is 0.00961. The molecule has 35 heavy (non-hydrogen) atoms. The van der Waals surface area contributed by atoms with Crippen LogP contribution >= 0.6 is 0 Å². The van der Waals surface area contributed by atoms with Crippen LogP contribution in [-0.4, -0.2) is 43.4 Å². The number of aromatic nitrogens is 1. The molecule has 1 aliphatic rings. The molecule has 0 unspecified atom stereocenters. The van der Waals surface area contributed by atoms with Gasteiger partial charge in [-0.1, -0.05) is 36.2 Å². The van der Waals surface area contributed by atoms with Crippen molar-refractivity contribution in [3.05, 3.63) is 87.8 Å². The van der Waals surface area contributed by atoms with Crippen LogP contribution in [0.2, 0.25) is 0 Å². The maximum Gasteiger partial charge on any atom is 0.263 e. The predicted molar refractivity (Wildman–Crippen MR) is 135 cm³/mol.